The number of carbonyl (C=O) groups is 1. The molecule has 0 atom stereocenters. The van der Waals surface area contributed by atoms with Gasteiger partial charge in [0.05, 0.1) is 15.6 Å². The highest BCUT2D eigenvalue weighted by molar-refractivity contribution is 7.80. The first-order valence-corrected chi connectivity index (χ1v) is 6.06. The molecule has 0 bridgehead atoms. The third-order valence-corrected chi connectivity index (χ3v) is 3.40. The molecule has 3 N–H and O–H groups in total. The molecule has 3 nitrogen and oxygen atoms in total. The van der Waals surface area contributed by atoms with Crippen molar-refractivity contribution in [3.63, 3.8) is 0 Å². The number of benzene rings is 1. The van der Waals surface area contributed by atoms with Crippen LogP contribution >= 0.6 is 23.8 Å². The van der Waals surface area contributed by atoms with Gasteiger partial charge < -0.3 is 11.1 Å². The number of hydrogen-bond acceptors (Lipinski definition) is 2. The summed E-state index contributed by atoms with van der Waals surface area (Å²) in [5.41, 5.74) is 4.91. The Morgan fingerprint density at radius 2 is 2.17 bits per heavy atom. The smallest absolute Gasteiger partial charge is 0.254 e. The van der Waals surface area contributed by atoms with Crippen LogP contribution in [0.4, 0.5) is 4.39 Å². The van der Waals surface area contributed by atoms with Crippen molar-refractivity contribution in [1.82, 2.24) is 5.32 Å². The molecule has 98 valence electrons. The Morgan fingerprint density at radius 3 is 2.72 bits per heavy atom. The fourth-order valence-electron chi connectivity index (χ4n) is 1.16. The molecule has 1 rings (SSSR count). The van der Waals surface area contributed by atoms with E-state index in [9.17, 15) is 9.18 Å². The summed E-state index contributed by atoms with van der Waals surface area (Å²) in [7, 11) is 0. The van der Waals surface area contributed by atoms with Crippen molar-refractivity contribution in [3.8, 4) is 0 Å². The monoisotopic (exact) mass is 288 g/mol. The third-order valence-electron chi connectivity index (χ3n) is 2.55. The lowest BCUT2D eigenvalue weighted by Crippen LogP contribution is -2.41. The fraction of sp³-hybridized carbons (Fsp3) is 0.333. The standard InChI is InChI=1S/C12H14ClFN2OS/c1-12(2,11(15)18)6-16-10(17)7-4-3-5-8(13)9(7)14/h3-5H,6H2,1-2H3,(H2,15,18)(H,16,17). The molecule has 0 aliphatic carbocycles. The molecule has 0 saturated heterocycles. The average Bonchev–Trinajstić information content (AvgIpc) is 2.29. The largest absolute Gasteiger partial charge is 0.393 e. The van der Waals surface area contributed by atoms with Crippen LogP contribution in [0.3, 0.4) is 0 Å². The van der Waals surface area contributed by atoms with E-state index in [2.05, 4.69) is 5.32 Å². The van der Waals surface area contributed by atoms with Crippen molar-refractivity contribution < 1.29 is 9.18 Å². The van der Waals surface area contributed by atoms with E-state index in [0.717, 1.165) is 0 Å². The zero-order valence-electron chi connectivity index (χ0n) is 10.1. The maximum Gasteiger partial charge on any atom is 0.254 e. The van der Waals surface area contributed by atoms with Crippen LogP contribution in [0.25, 0.3) is 0 Å². The second-order valence-electron chi connectivity index (χ2n) is 4.53. The molecule has 0 saturated carbocycles. The molecule has 0 aliphatic heterocycles. The molecular formula is C12H14ClFN2OS. The summed E-state index contributed by atoms with van der Waals surface area (Å²) >= 11 is 10.5. The molecule has 0 fully saturated rings. The van der Waals surface area contributed by atoms with Gasteiger partial charge in [-0.15, -0.1) is 0 Å². The number of thiocarbonyl (C=S) groups is 1. The number of nitrogens with one attached hydrogen (secondary N) is 1. The number of amides is 1. The predicted molar refractivity (Wildman–Crippen MR) is 74.3 cm³/mol. The lowest BCUT2D eigenvalue weighted by Gasteiger charge is -2.23. The fourth-order valence-corrected chi connectivity index (χ4v) is 1.41. The van der Waals surface area contributed by atoms with Crippen molar-refractivity contribution in [1.29, 1.82) is 0 Å². The first-order chi connectivity index (χ1) is 8.25. The second kappa shape index (κ2) is 5.63. The first-order valence-electron chi connectivity index (χ1n) is 5.28. The molecule has 0 radical (unpaired) electrons. The van der Waals surface area contributed by atoms with Crippen LogP contribution in [0.15, 0.2) is 18.2 Å². The predicted octanol–water partition coefficient (Wildman–Crippen LogP) is 2.52. The number of carbonyl (C=O) groups excluding carboxylic acids is 1. The Hall–Kier alpha value is -1.20. The highest BCUT2D eigenvalue weighted by Gasteiger charge is 2.23. The minimum absolute atomic E-state index is 0.0868. The summed E-state index contributed by atoms with van der Waals surface area (Å²) in [6.07, 6.45) is 0. The number of nitrogens with two attached hydrogens (primary N) is 1. The highest BCUT2D eigenvalue weighted by Crippen LogP contribution is 2.18. The van der Waals surface area contributed by atoms with Crippen molar-refractivity contribution in [3.05, 3.63) is 34.6 Å². The summed E-state index contributed by atoms with van der Waals surface area (Å²) in [5.74, 6) is -1.27. The zero-order chi connectivity index (χ0) is 13.9. The quantitative estimate of drug-likeness (QED) is 0.837. The Bertz CT molecular complexity index is 491. The van der Waals surface area contributed by atoms with E-state index in [0.29, 0.717) is 0 Å². The Kier molecular flexibility index (Phi) is 4.65. The molecular weight excluding hydrogens is 275 g/mol. The molecule has 0 aliphatic rings. The molecule has 1 amide bonds. The minimum atomic E-state index is -0.732. The summed E-state index contributed by atoms with van der Waals surface area (Å²) in [4.78, 5) is 12.1. The van der Waals surface area contributed by atoms with Gasteiger partial charge in [0, 0.05) is 12.0 Å². The Labute approximate surface area is 115 Å². The molecule has 0 spiro atoms. The lowest BCUT2D eigenvalue weighted by molar-refractivity contribution is 0.0941. The summed E-state index contributed by atoms with van der Waals surface area (Å²) in [6, 6.07) is 4.26. The van der Waals surface area contributed by atoms with Gasteiger partial charge >= 0.3 is 0 Å². The molecule has 18 heavy (non-hydrogen) atoms. The lowest BCUT2D eigenvalue weighted by atomic mass is 9.93. The van der Waals surface area contributed by atoms with Gasteiger partial charge in [-0.05, 0) is 12.1 Å². The molecule has 1 aromatic rings. The van der Waals surface area contributed by atoms with E-state index in [-0.39, 0.29) is 22.1 Å². The maximum absolute atomic E-state index is 13.6. The Morgan fingerprint density at radius 1 is 1.56 bits per heavy atom. The van der Waals surface area contributed by atoms with E-state index < -0.39 is 17.1 Å². The number of rotatable bonds is 4. The average molecular weight is 289 g/mol. The van der Waals surface area contributed by atoms with Gasteiger partial charge in [0.25, 0.3) is 5.91 Å². The van der Waals surface area contributed by atoms with Crippen molar-refractivity contribution in [2.24, 2.45) is 11.1 Å². The van der Waals surface area contributed by atoms with Crippen LogP contribution in [0.2, 0.25) is 5.02 Å². The van der Waals surface area contributed by atoms with Crippen molar-refractivity contribution in [2.45, 2.75) is 13.8 Å². The van der Waals surface area contributed by atoms with Gasteiger partial charge in [0.1, 0.15) is 0 Å². The van der Waals surface area contributed by atoms with Crippen LogP contribution in [0.5, 0.6) is 0 Å². The van der Waals surface area contributed by atoms with Crippen LogP contribution in [-0.2, 0) is 0 Å². The van der Waals surface area contributed by atoms with E-state index in [1.807, 2.05) is 0 Å². The topological polar surface area (TPSA) is 55.1 Å². The van der Waals surface area contributed by atoms with Crippen LogP contribution in [0.1, 0.15) is 24.2 Å². The summed E-state index contributed by atoms with van der Waals surface area (Å²) in [6.45, 7) is 3.82. The van der Waals surface area contributed by atoms with Crippen molar-refractivity contribution in [2.75, 3.05) is 6.54 Å². The summed E-state index contributed by atoms with van der Waals surface area (Å²) < 4.78 is 13.6. The minimum Gasteiger partial charge on any atom is -0.393 e. The third kappa shape index (κ3) is 3.40. The van der Waals surface area contributed by atoms with Gasteiger partial charge in [-0.25, -0.2) is 4.39 Å². The number of hydrogen-bond donors (Lipinski definition) is 2. The summed E-state index contributed by atoms with van der Waals surface area (Å²) in [5, 5.41) is 2.50. The van der Waals surface area contributed by atoms with E-state index in [1.54, 1.807) is 13.8 Å². The molecule has 0 unspecified atom stereocenters. The highest BCUT2D eigenvalue weighted by atomic mass is 35.5. The van der Waals surface area contributed by atoms with Crippen LogP contribution in [-0.4, -0.2) is 17.4 Å². The van der Waals surface area contributed by atoms with Crippen LogP contribution < -0.4 is 11.1 Å². The molecule has 0 aromatic heterocycles. The van der Waals surface area contributed by atoms with Crippen molar-refractivity contribution >= 4 is 34.7 Å². The van der Waals surface area contributed by atoms with Gasteiger partial charge in [0.15, 0.2) is 5.82 Å². The molecule has 0 heterocycles. The zero-order valence-corrected chi connectivity index (χ0v) is 11.7. The SMILES string of the molecule is CC(C)(CNC(=O)c1cccc(Cl)c1F)C(N)=S. The second-order valence-corrected chi connectivity index (χ2v) is 5.38. The van der Waals surface area contributed by atoms with Gasteiger partial charge in [0.2, 0.25) is 0 Å². The van der Waals surface area contributed by atoms with Gasteiger partial charge in [-0.2, -0.15) is 0 Å². The Balaban J connectivity index is 2.78. The maximum atomic E-state index is 13.6. The van der Waals surface area contributed by atoms with E-state index in [1.165, 1.54) is 18.2 Å². The van der Waals surface area contributed by atoms with Crippen LogP contribution in [0, 0.1) is 11.2 Å². The first kappa shape index (κ1) is 14.9. The molecule has 1 aromatic carbocycles. The van der Waals surface area contributed by atoms with E-state index in [4.69, 9.17) is 29.6 Å². The van der Waals surface area contributed by atoms with Gasteiger partial charge in [-0.3, -0.25) is 4.79 Å². The van der Waals surface area contributed by atoms with Gasteiger partial charge in [-0.1, -0.05) is 43.7 Å². The van der Waals surface area contributed by atoms with E-state index >= 15 is 0 Å². The number of halogens is 2. The normalized spacial score (nSPS) is 11.1. The molecule has 6 heteroatoms.